The summed E-state index contributed by atoms with van der Waals surface area (Å²) in [5.74, 6) is 0. The van der Waals surface area contributed by atoms with Crippen LogP contribution in [0.4, 0.5) is 0 Å². The Morgan fingerprint density at radius 3 is 3.30 bits per heavy atom. The Morgan fingerprint density at radius 2 is 2.70 bits per heavy atom. The second kappa shape index (κ2) is 3.14. The van der Waals surface area contributed by atoms with Gasteiger partial charge in [-0.2, -0.15) is 5.26 Å². The molecular weight excluding hydrogens is 128 g/mol. The van der Waals surface area contributed by atoms with Gasteiger partial charge in [-0.05, 0) is 6.08 Å². The fourth-order valence-corrected chi connectivity index (χ4v) is 0.751. The molecule has 1 atom stereocenters. The van der Waals surface area contributed by atoms with Gasteiger partial charge in [-0.1, -0.05) is 6.08 Å². The molecule has 0 aromatic heterocycles. The monoisotopic (exact) mass is 136 g/mol. The van der Waals surface area contributed by atoms with Gasteiger partial charge >= 0.3 is 0 Å². The fourth-order valence-electron chi connectivity index (χ4n) is 0.751. The molecule has 0 saturated heterocycles. The maximum Gasteiger partial charge on any atom is 0.168 e. The highest BCUT2D eigenvalue weighted by Gasteiger charge is 2.06. The molecule has 0 spiro atoms. The van der Waals surface area contributed by atoms with Gasteiger partial charge in [-0.3, -0.25) is 0 Å². The first-order valence-electron chi connectivity index (χ1n) is 3.03. The molecule has 3 nitrogen and oxygen atoms in total. The molecule has 1 heterocycles. The number of allylic oxidation sites excluding steroid dienone is 1. The van der Waals surface area contributed by atoms with Gasteiger partial charge in [0.25, 0.3) is 0 Å². The molecule has 0 saturated carbocycles. The van der Waals surface area contributed by atoms with Crippen LogP contribution >= 0.6 is 0 Å². The predicted molar refractivity (Wildman–Crippen MR) is 37.6 cm³/mol. The molecule has 0 amide bonds. The highest BCUT2D eigenvalue weighted by molar-refractivity contribution is 5.99. The largest absolute Gasteiger partial charge is 0.356 e. The van der Waals surface area contributed by atoms with Gasteiger partial charge in [0.1, 0.15) is 11.8 Å². The molecule has 10 heavy (non-hydrogen) atoms. The maximum atomic E-state index is 8.43. The number of dihydropyridines is 1. The first-order chi connectivity index (χ1) is 4.86. The Balaban J connectivity index is 2.65. The molecule has 1 unspecified atom stereocenters. The maximum absolute atomic E-state index is 8.43. The molecule has 0 N–H and O–H groups in total. The van der Waals surface area contributed by atoms with E-state index in [2.05, 4.69) is 4.99 Å². The normalized spacial score (nSPS) is 23.6. The van der Waals surface area contributed by atoms with Crippen LogP contribution < -0.4 is 0 Å². The second-order valence-electron chi connectivity index (χ2n) is 1.95. The quantitative estimate of drug-likeness (QED) is 0.502. The van der Waals surface area contributed by atoms with Gasteiger partial charge in [-0.25, -0.2) is 4.99 Å². The Bertz CT molecular complexity index is 212. The Labute approximate surface area is 59.6 Å². The van der Waals surface area contributed by atoms with Crippen LogP contribution in [0.25, 0.3) is 0 Å². The van der Waals surface area contributed by atoms with Crippen molar-refractivity contribution < 1.29 is 4.74 Å². The van der Waals surface area contributed by atoms with Crippen molar-refractivity contribution in [2.75, 3.05) is 7.11 Å². The minimum atomic E-state index is -0.247. The van der Waals surface area contributed by atoms with Crippen LogP contribution in [0.3, 0.4) is 0 Å². The van der Waals surface area contributed by atoms with E-state index in [-0.39, 0.29) is 6.23 Å². The lowest BCUT2D eigenvalue weighted by Gasteiger charge is -2.08. The Kier molecular flexibility index (Phi) is 2.19. The first kappa shape index (κ1) is 6.97. The third-order valence-corrected chi connectivity index (χ3v) is 1.27. The van der Waals surface area contributed by atoms with Crippen molar-refractivity contribution in [3.05, 3.63) is 12.2 Å². The topological polar surface area (TPSA) is 45.4 Å². The van der Waals surface area contributed by atoms with Crippen molar-refractivity contribution in [2.24, 2.45) is 4.99 Å². The van der Waals surface area contributed by atoms with E-state index in [1.807, 2.05) is 18.2 Å². The number of aliphatic imine (C=N–C) groups is 1. The summed E-state index contributed by atoms with van der Waals surface area (Å²) in [5, 5.41) is 8.43. The van der Waals surface area contributed by atoms with E-state index >= 15 is 0 Å². The molecule has 0 aliphatic carbocycles. The molecule has 0 radical (unpaired) electrons. The summed E-state index contributed by atoms with van der Waals surface area (Å²) < 4.78 is 4.90. The molecule has 0 fully saturated rings. The Hall–Kier alpha value is -1.14. The number of ether oxygens (including phenoxy) is 1. The molecular formula is C7H8N2O. The van der Waals surface area contributed by atoms with Crippen molar-refractivity contribution >= 4 is 5.71 Å². The van der Waals surface area contributed by atoms with Gasteiger partial charge in [0, 0.05) is 13.5 Å². The van der Waals surface area contributed by atoms with E-state index in [9.17, 15) is 0 Å². The number of hydrogen-bond acceptors (Lipinski definition) is 3. The smallest absolute Gasteiger partial charge is 0.168 e. The molecule has 0 aromatic carbocycles. The minimum absolute atomic E-state index is 0.247. The van der Waals surface area contributed by atoms with Crippen LogP contribution in [0.2, 0.25) is 0 Å². The highest BCUT2D eigenvalue weighted by atomic mass is 16.5. The summed E-state index contributed by atoms with van der Waals surface area (Å²) in [6.07, 6.45) is 4.11. The number of methoxy groups -OCH3 is 1. The zero-order valence-electron chi connectivity index (χ0n) is 5.74. The van der Waals surface area contributed by atoms with Crippen LogP contribution in [0.1, 0.15) is 6.42 Å². The highest BCUT2D eigenvalue weighted by Crippen LogP contribution is 2.04. The van der Waals surface area contributed by atoms with Crippen LogP contribution in [-0.2, 0) is 4.74 Å². The number of rotatable bonds is 1. The van der Waals surface area contributed by atoms with Crippen molar-refractivity contribution in [3.8, 4) is 6.07 Å². The molecule has 52 valence electrons. The zero-order valence-corrected chi connectivity index (χ0v) is 5.74. The summed E-state index contributed by atoms with van der Waals surface area (Å²) >= 11 is 0. The number of nitrogens with zero attached hydrogens (tertiary/aromatic N) is 2. The van der Waals surface area contributed by atoms with Crippen molar-refractivity contribution in [2.45, 2.75) is 12.6 Å². The van der Waals surface area contributed by atoms with Gasteiger partial charge in [0.2, 0.25) is 0 Å². The number of nitriles is 1. The molecule has 1 aliphatic heterocycles. The standard InChI is InChI=1S/C7H8N2O/c1-10-7-4-2-3-6(5-8)9-7/h2,4,7H,3H2,1H3. The lowest BCUT2D eigenvalue weighted by Crippen LogP contribution is -2.10. The van der Waals surface area contributed by atoms with Gasteiger partial charge < -0.3 is 4.74 Å². The van der Waals surface area contributed by atoms with E-state index in [1.165, 1.54) is 0 Å². The third-order valence-electron chi connectivity index (χ3n) is 1.27. The minimum Gasteiger partial charge on any atom is -0.356 e. The summed E-state index contributed by atoms with van der Waals surface area (Å²) in [6.45, 7) is 0. The van der Waals surface area contributed by atoms with Crippen molar-refractivity contribution in [1.29, 1.82) is 5.26 Å². The van der Waals surface area contributed by atoms with Crippen LogP contribution in [0.15, 0.2) is 17.1 Å². The summed E-state index contributed by atoms with van der Waals surface area (Å²) in [4.78, 5) is 3.97. The lowest BCUT2D eigenvalue weighted by molar-refractivity contribution is 0.147. The van der Waals surface area contributed by atoms with Crippen LogP contribution in [0.5, 0.6) is 0 Å². The summed E-state index contributed by atoms with van der Waals surface area (Å²) in [7, 11) is 1.57. The molecule has 0 aromatic rings. The predicted octanol–water partition coefficient (Wildman–Crippen LogP) is 0.883. The first-order valence-corrected chi connectivity index (χ1v) is 3.03. The van der Waals surface area contributed by atoms with E-state index in [0.29, 0.717) is 12.1 Å². The third kappa shape index (κ3) is 1.42. The van der Waals surface area contributed by atoms with E-state index in [1.54, 1.807) is 7.11 Å². The molecule has 3 heteroatoms. The van der Waals surface area contributed by atoms with Crippen molar-refractivity contribution in [3.63, 3.8) is 0 Å². The second-order valence-corrected chi connectivity index (χ2v) is 1.95. The average molecular weight is 136 g/mol. The van der Waals surface area contributed by atoms with Crippen LogP contribution in [0, 0.1) is 11.3 Å². The van der Waals surface area contributed by atoms with E-state index in [4.69, 9.17) is 10.00 Å². The van der Waals surface area contributed by atoms with E-state index in [0.717, 1.165) is 0 Å². The molecule has 1 aliphatic rings. The summed E-state index contributed by atoms with van der Waals surface area (Å²) in [6, 6.07) is 1.99. The molecule has 0 bridgehead atoms. The van der Waals surface area contributed by atoms with Gasteiger partial charge in [0.05, 0.1) is 0 Å². The van der Waals surface area contributed by atoms with Crippen molar-refractivity contribution in [1.82, 2.24) is 0 Å². The zero-order chi connectivity index (χ0) is 7.40. The van der Waals surface area contributed by atoms with E-state index < -0.39 is 0 Å². The summed E-state index contributed by atoms with van der Waals surface area (Å²) in [5.41, 5.74) is 0.536. The Morgan fingerprint density at radius 1 is 1.90 bits per heavy atom. The molecule has 1 rings (SSSR count). The van der Waals surface area contributed by atoms with Gasteiger partial charge in [0.15, 0.2) is 6.23 Å². The van der Waals surface area contributed by atoms with Crippen LogP contribution in [-0.4, -0.2) is 19.0 Å². The average Bonchev–Trinajstić information content (AvgIpc) is 2.05. The SMILES string of the molecule is COC1C=CCC(C#N)=N1. The fraction of sp³-hybridized carbons (Fsp3) is 0.429. The van der Waals surface area contributed by atoms with Gasteiger partial charge in [-0.15, -0.1) is 0 Å². The lowest BCUT2D eigenvalue weighted by atomic mass is 10.2. The number of hydrogen-bond donors (Lipinski definition) is 0.